The quantitative estimate of drug-likeness (QED) is 0.747. The third kappa shape index (κ3) is 3.69. The molecule has 0 unspecified atom stereocenters. The maximum absolute atomic E-state index is 12.1. The third-order valence-electron chi connectivity index (χ3n) is 2.82. The minimum atomic E-state index is -1.19. The Morgan fingerprint density at radius 3 is 2.68 bits per heavy atom. The van der Waals surface area contributed by atoms with Crippen LogP contribution in [0, 0.1) is 6.92 Å². The third-order valence-corrected chi connectivity index (χ3v) is 3.64. The Kier molecular flexibility index (Phi) is 4.89. The van der Waals surface area contributed by atoms with Crippen molar-refractivity contribution in [2.24, 2.45) is 0 Å². The van der Waals surface area contributed by atoms with Crippen LogP contribution in [0.5, 0.6) is 0 Å². The van der Waals surface area contributed by atoms with Crippen molar-refractivity contribution in [3.63, 3.8) is 0 Å². The average Bonchev–Trinajstić information content (AvgIpc) is 2.50. The zero-order valence-electron chi connectivity index (χ0n) is 11.4. The van der Waals surface area contributed by atoms with Gasteiger partial charge in [0.15, 0.2) is 0 Å². The van der Waals surface area contributed by atoms with E-state index in [1.54, 1.807) is 18.2 Å². The number of halogens is 1. The first-order valence-electron chi connectivity index (χ1n) is 6.14. The molecule has 0 saturated carbocycles. The van der Waals surface area contributed by atoms with E-state index < -0.39 is 12.0 Å². The number of nitrogens with one attached hydrogen (secondary N) is 1. The molecule has 22 heavy (non-hydrogen) atoms. The number of aryl methyl sites for hydroxylation is 1. The van der Waals surface area contributed by atoms with Crippen molar-refractivity contribution in [1.29, 1.82) is 0 Å². The van der Waals surface area contributed by atoms with Gasteiger partial charge in [0.2, 0.25) is 0 Å². The van der Waals surface area contributed by atoms with Crippen LogP contribution in [0.4, 0.5) is 16.2 Å². The zero-order chi connectivity index (χ0) is 16.3. The van der Waals surface area contributed by atoms with E-state index in [0.717, 1.165) is 9.87 Å². The van der Waals surface area contributed by atoms with Crippen LogP contribution in [-0.4, -0.2) is 22.1 Å². The summed E-state index contributed by atoms with van der Waals surface area (Å²) in [6.45, 7) is 1.85. The molecule has 6 nitrogen and oxygen atoms in total. The van der Waals surface area contributed by atoms with Crippen molar-refractivity contribution in [2.45, 2.75) is 6.92 Å². The molecule has 0 radical (unpaired) electrons. The molecule has 1 heterocycles. The Bertz CT molecular complexity index is 739. The number of amides is 2. The highest BCUT2D eigenvalue weighted by Gasteiger charge is 2.15. The Balaban J connectivity index is 2.16. The lowest BCUT2D eigenvalue weighted by molar-refractivity contribution is 0.0690. The van der Waals surface area contributed by atoms with Crippen LogP contribution in [-0.2, 0) is 0 Å². The van der Waals surface area contributed by atoms with Gasteiger partial charge in [-0.15, -0.1) is 0 Å². The minimum Gasteiger partial charge on any atom is -0.477 e. The number of carbonyl (C=O) groups is 2. The van der Waals surface area contributed by atoms with Gasteiger partial charge in [-0.3, -0.25) is 0 Å². The summed E-state index contributed by atoms with van der Waals surface area (Å²) in [5.74, 6) is -1.19. The van der Waals surface area contributed by atoms with E-state index in [1.807, 2.05) is 6.92 Å². The van der Waals surface area contributed by atoms with Crippen LogP contribution in [0.25, 0.3) is 0 Å². The highest BCUT2D eigenvalue weighted by Crippen LogP contribution is 2.22. The number of benzene rings is 1. The Labute approximate surface area is 137 Å². The molecule has 2 N–H and O–H groups in total. The highest BCUT2D eigenvalue weighted by atomic mass is 35.5. The number of carbonyl (C=O) groups excluding carboxylic acids is 1. The monoisotopic (exact) mass is 337 g/mol. The largest absolute Gasteiger partial charge is 0.477 e. The number of carboxylic acid groups (broad SMARTS) is 1. The molecule has 1 aromatic heterocycles. The van der Waals surface area contributed by atoms with E-state index in [-0.39, 0.29) is 11.4 Å². The van der Waals surface area contributed by atoms with E-state index in [0.29, 0.717) is 10.7 Å². The van der Waals surface area contributed by atoms with Gasteiger partial charge in [0, 0.05) is 16.9 Å². The van der Waals surface area contributed by atoms with Crippen molar-refractivity contribution in [3.05, 3.63) is 52.8 Å². The second kappa shape index (κ2) is 6.67. The second-order valence-corrected chi connectivity index (χ2v) is 5.22. The molecule has 0 spiro atoms. The maximum atomic E-state index is 12.1. The van der Waals surface area contributed by atoms with Crippen molar-refractivity contribution < 1.29 is 14.7 Å². The van der Waals surface area contributed by atoms with Gasteiger partial charge >= 0.3 is 12.0 Å². The SMILES string of the molecule is Cc1ccc(NC(=O)N(S)c2ccnc(C(=O)O)c2)cc1Cl. The van der Waals surface area contributed by atoms with Gasteiger partial charge in [0.05, 0.1) is 5.69 Å². The number of aromatic carboxylic acids is 1. The highest BCUT2D eigenvalue weighted by molar-refractivity contribution is 7.82. The molecule has 0 atom stereocenters. The molecule has 0 saturated heterocycles. The molecule has 0 bridgehead atoms. The van der Waals surface area contributed by atoms with Gasteiger partial charge in [0.1, 0.15) is 5.69 Å². The average molecular weight is 338 g/mol. The number of pyridine rings is 1. The summed E-state index contributed by atoms with van der Waals surface area (Å²) < 4.78 is 0.988. The number of rotatable bonds is 3. The van der Waals surface area contributed by atoms with Crippen molar-refractivity contribution >= 4 is 47.8 Å². The smallest absolute Gasteiger partial charge is 0.354 e. The van der Waals surface area contributed by atoms with Crippen LogP contribution >= 0.6 is 24.4 Å². The van der Waals surface area contributed by atoms with Gasteiger partial charge in [0.25, 0.3) is 0 Å². The topological polar surface area (TPSA) is 82.5 Å². The molecule has 0 aliphatic heterocycles. The summed E-state index contributed by atoms with van der Waals surface area (Å²) >= 11 is 10.1. The van der Waals surface area contributed by atoms with Crippen LogP contribution < -0.4 is 9.62 Å². The number of anilines is 2. The normalized spacial score (nSPS) is 10.1. The van der Waals surface area contributed by atoms with Crippen LogP contribution in [0.2, 0.25) is 5.02 Å². The summed E-state index contributed by atoms with van der Waals surface area (Å²) in [5.41, 5.74) is 1.50. The first kappa shape index (κ1) is 16.1. The molecule has 0 fully saturated rings. The van der Waals surface area contributed by atoms with E-state index in [2.05, 4.69) is 23.1 Å². The first-order valence-corrected chi connectivity index (χ1v) is 6.92. The Morgan fingerprint density at radius 2 is 2.05 bits per heavy atom. The van der Waals surface area contributed by atoms with Crippen molar-refractivity contribution in [3.8, 4) is 0 Å². The summed E-state index contributed by atoms with van der Waals surface area (Å²) in [6.07, 6.45) is 1.29. The zero-order valence-corrected chi connectivity index (χ0v) is 13.1. The maximum Gasteiger partial charge on any atom is 0.354 e. The number of aromatic nitrogens is 1. The van der Waals surface area contributed by atoms with E-state index in [4.69, 9.17) is 16.7 Å². The lowest BCUT2D eigenvalue weighted by atomic mass is 10.2. The second-order valence-electron chi connectivity index (χ2n) is 4.41. The van der Waals surface area contributed by atoms with Crippen molar-refractivity contribution in [2.75, 3.05) is 9.62 Å². The number of hydrogen-bond donors (Lipinski definition) is 3. The predicted octanol–water partition coefficient (Wildman–Crippen LogP) is 3.62. The molecule has 2 aromatic rings. The van der Waals surface area contributed by atoms with Gasteiger partial charge in [-0.2, -0.15) is 0 Å². The molecule has 0 aliphatic rings. The molecule has 8 heteroatoms. The summed E-state index contributed by atoms with van der Waals surface area (Å²) in [7, 11) is 0. The predicted molar refractivity (Wildman–Crippen MR) is 87.9 cm³/mol. The standard InChI is InChI=1S/C14H12ClN3O3S/c1-8-2-3-9(6-11(8)15)17-14(21)18(22)10-4-5-16-12(7-10)13(19)20/h2-7,22H,1H3,(H,17,21)(H,19,20). The fourth-order valence-corrected chi connectivity index (χ4v) is 1.99. The fourth-order valence-electron chi connectivity index (χ4n) is 1.63. The van der Waals surface area contributed by atoms with Gasteiger partial charge < -0.3 is 10.4 Å². The van der Waals surface area contributed by atoms with Crippen LogP contribution in [0.3, 0.4) is 0 Å². The van der Waals surface area contributed by atoms with E-state index >= 15 is 0 Å². The molecule has 2 rings (SSSR count). The Hall–Kier alpha value is -2.25. The lowest BCUT2D eigenvalue weighted by Gasteiger charge is -2.17. The summed E-state index contributed by atoms with van der Waals surface area (Å²) in [6, 6.07) is 7.26. The van der Waals surface area contributed by atoms with Crippen molar-refractivity contribution in [1.82, 2.24) is 4.98 Å². The van der Waals surface area contributed by atoms with Gasteiger partial charge in [-0.1, -0.05) is 30.5 Å². The Morgan fingerprint density at radius 1 is 1.32 bits per heavy atom. The minimum absolute atomic E-state index is 0.178. The number of carboxylic acids is 1. The molecule has 114 valence electrons. The fraction of sp³-hybridized carbons (Fsp3) is 0.0714. The molecule has 0 aliphatic carbocycles. The molecular formula is C14H12ClN3O3S. The number of thiol groups is 1. The molecular weight excluding hydrogens is 326 g/mol. The summed E-state index contributed by atoms with van der Waals surface area (Å²) in [5, 5.41) is 12.0. The van der Waals surface area contributed by atoms with Gasteiger partial charge in [-0.05, 0) is 36.8 Å². The lowest BCUT2D eigenvalue weighted by Crippen LogP contribution is -2.27. The molecule has 1 aromatic carbocycles. The first-order chi connectivity index (χ1) is 10.4. The number of urea groups is 1. The summed E-state index contributed by atoms with van der Waals surface area (Å²) in [4.78, 5) is 26.7. The van der Waals surface area contributed by atoms with Crippen LogP contribution in [0.1, 0.15) is 16.1 Å². The van der Waals surface area contributed by atoms with Crippen LogP contribution in [0.15, 0.2) is 36.5 Å². The van der Waals surface area contributed by atoms with E-state index in [9.17, 15) is 9.59 Å². The van der Waals surface area contributed by atoms with Gasteiger partial charge in [-0.25, -0.2) is 18.9 Å². The van der Waals surface area contributed by atoms with E-state index in [1.165, 1.54) is 18.3 Å². The molecule has 2 amide bonds. The number of hydrogen-bond acceptors (Lipinski definition) is 4. The number of nitrogens with zero attached hydrogens (tertiary/aromatic N) is 2.